The number of phenols is 1. The van der Waals surface area contributed by atoms with Crippen LogP contribution < -0.4 is 10.6 Å². The maximum atomic E-state index is 12.5. The Morgan fingerprint density at radius 2 is 2.08 bits per heavy atom. The van der Waals surface area contributed by atoms with E-state index < -0.39 is 12.6 Å². The fraction of sp³-hybridized carbons (Fsp3) is 0.471. The molecule has 5 nitrogen and oxygen atoms in total. The maximum absolute atomic E-state index is 12.5. The number of hydrogen-bond donors (Lipinski definition) is 3. The Balaban J connectivity index is 1.75. The molecule has 3 N–H and O–H groups in total. The Bertz CT molecular complexity index is 800. The molecular formula is C17H19F3N4O. The average Bonchev–Trinajstić information content (AvgIpc) is 2.76. The van der Waals surface area contributed by atoms with Crippen molar-refractivity contribution in [2.24, 2.45) is 0 Å². The van der Waals surface area contributed by atoms with Crippen LogP contribution in [0.5, 0.6) is 5.75 Å². The normalized spacial score (nSPS) is 20.2. The molecule has 1 aromatic heterocycles. The summed E-state index contributed by atoms with van der Waals surface area (Å²) in [6.07, 6.45) is -3.79. The summed E-state index contributed by atoms with van der Waals surface area (Å²) >= 11 is 0. The van der Waals surface area contributed by atoms with Gasteiger partial charge in [-0.15, -0.1) is 0 Å². The molecule has 0 spiro atoms. The van der Waals surface area contributed by atoms with Gasteiger partial charge in [0, 0.05) is 44.1 Å². The van der Waals surface area contributed by atoms with Gasteiger partial charge >= 0.3 is 6.18 Å². The first-order chi connectivity index (χ1) is 11.9. The van der Waals surface area contributed by atoms with E-state index in [1.165, 1.54) is 18.2 Å². The molecule has 0 saturated heterocycles. The van der Waals surface area contributed by atoms with E-state index in [1.54, 1.807) is 4.68 Å². The highest BCUT2D eigenvalue weighted by molar-refractivity contribution is 5.51. The summed E-state index contributed by atoms with van der Waals surface area (Å²) in [5.74, 6) is -0.177. The highest BCUT2D eigenvalue weighted by atomic mass is 19.4. The van der Waals surface area contributed by atoms with Gasteiger partial charge in [0.1, 0.15) is 11.4 Å². The summed E-state index contributed by atoms with van der Waals surface area (Å²) in [5, 5.41) is 21.8. The van der Waals surface area contributed by atoms with Gasteiger partial charge < -0.3 is 15.7 Å². The van der Waals surface area contributed by atoms with Crippen LogP contribution in [0.25, 0.3) is 5.69 Å². The molecule has 3 heterocycles. The van der Waals surface area contributed by atoms with Crippen LogP contribution in [-0.2, 0) is 19.3 Å². The van der Waals surface area contributed by atoms with E-state index in [2.05, 4.69) is 15.7 Å². The predicted octanol–water partition coefficient (Wildman–Crippen LogP) is 2.02. The van der Waals surface area contributed by atoms with Crippen molar-refractivity contribution in [3.05, 3.63) is 40.7 Å². The van der Waals surface area contributed by atoms with Crippen molar-refractivity contribution in [1.29, 1.82) is 0 Å². The van der Waals surface area contributed by atoms with Crippen LogP contribution in [0.3, 0.4) is 0 Å². The Kier molecular flexibility index (Phi) is 3.96. The molecule has 2 aliphatic heterocycles. The third kappa shape index (κ3) is 3.11. The van der Waals surface area contributed by atoms with Gasteiger partial charge in [0.15, 0.2) is 0 Å². The molecule has 0 radical (unpaired) electrons. The minimum absolute atomic E-state index is 0.0415. The van der Waals surface area contributed by atoms with Crippen molar-refractivity contribution in [1.82, 2.24) is 20.4 Å². The lowest BCUT2D eigenvalue weighted by molar-refractivity contribution is -0.127. The lowest BCUT2D eigenvalue weighted by Crippen LogP contribution is -2.36. The molecule has 1 unspecified atom stereocenters. The fourth-order valence-electron chi connectivity index (χ4n) is 3.73. The summed E-state index contributed by atoms with van der Waals surface area (Å²) in [6, 6.07) is 4.29. The number of nitrogens with zero attached hydrogens (tertiary/aromatic N) is 2. The zero-order valence-electron chi connectivity index (χ0n) is 13.5. The first-order valence-electron chi connectivity index (χ1n) is 8.36. The quantitative estimate of drug-likeness (QED) is 0.774. The molecule has 1 atom stereocenters. The van der Waals surface area contributed by atoms with Gasteiger partial charge in [-0.3, -0.25) is 0 Å². The van der Waals surface area contributed by atoms with Crippen molar-refractivity contribution >= 4 is 0 Å². The summed E-state index contributed by atoms with van der Waals surface area (Å²) < 4.78 is 39.3. The van der Waals surface area contributed by atoms with Gasteiger partial charge in [0.05, 0.1) is 17.8 Å². The first-order valence-corrected chi connectivity index (χ1v) is 8.36. The maximum Gasteiger partial charge on any atom is 0.393 e. The number of hydrogen-bond acceptors (Lipinski definition) is 4. The zero-order valence-corrected chi connectivity index (χ0v) is 13.5. The standard InChI is InChI=1S/C17H19F3N4O/c18-17(19,20)8-10-1-2-13(15(25)7-10)24-14-4-6-22-12-9-21-5-3-11(23-24)16(12)14/h1-2,7,12,21-22,25H,3-6,8-9H2. The van der Waals surface area contributed by atoms with Crippen LogP contribution in [0.15, 0.2) is 18.2 Å². The van der Waals surface area contributed by atoms with Crippen molar-refractivity contribution in [2.75, 3.05) is 19.6 Å². The van der Waals surface area contributed by atoms with Crippen LogP contribution in [-0.4, -0.2) is 40.7 Å². The molecule has 8 heteroatoms. The van der Waals surface area contributed by atoms with E-state index in [1.807, 2.05) is 0 Å². The Labute approximate surface area is 142 Å². The van der Waals surface area contributed by atoms with E-state index >= 15 is 0 Å². The van der Waals surface area contributed by atoms with Gasteiger partial charge in [-0.25, -0.2) is 4.68 Å². The number of phenolic OH excluding ortho intramolecular Hbond substituents is 1. The number of halogens is 3. The Hall–Kier alpha value is -2.06. The monoisotopic (exact) mass is 352 g/mol. The van der Waals surface area contributed by atoms with Crippen LogP contribution >= 0.6 is 0 Å². The Morgan fingerprint density at radius 1 is 1.24 bits per heavy atom. The lowest BCUT2D eigenvalue weighted by atomic mass is 9.98. The average molecular weight is 352 g/mol. The molecule has 25 heavy (non-hydrogen) atoms. The zero-order chi connectivity index (χ0) is 17.6. The molecule has 2 aromatic rings. The minimum atomic E-state index is -4.30. The summed E-state index contributed by atoms with van der Waals surface area (Å²) in [5.41, 5.74) is 3.65. The van der Waals surface area contributed by atoms with Crippen molar-refractivity contribution in [3.63, 3.8) is 0 Å². The third-order valence-electron chi connectivity index (χ3n) is 4.76. The number of nitrogens with one attached hydrogen (secondary N) is 2. The van der Waals surface area contributed by atoms with Crippen LogP contribution in [0, 0.1) is 0 Å². The number of benzene rings is 1. The second-order valence-electron chi connectivity index (χ2n) is 6.54. The van der Waals surface area contributed by atoms with Crippen LogP contribution in [0.4, 0.5) is 13.2 Å². The highest BCUT2D eigenvalue weighted by Crippen LogP contribution is 2.33. The minimum Gasteiger partial charge on any atom is -0.506 e. The number of aromatic hydroxyl groups is 1. The molecule has 2 aliphatic rings. The number of aromatic nitrogens is 2. The fourth-order valence-corrected chi connectivity index (χ4v) is 3.73. The molecule has 0 aliphatic carbocycles. The van der Waals surface area contributed by atoms with Crippen molar-refractivity contribution < 1.29 is 18.3 Å². The van der Waals surface area contributed by atoms with Gasteiger partial charge in [-0.2, -0.15) is 18.3 Å². The highest BCUT2D eigenvalue weighted by Gasteiger charge is 2.31. The number of rotatable bonds is 2. The van der Waals surface area contributed by atoms with E-state index in [0.29, 0.717) is 5.69 Å². The molecule has 0 amide bonds. The van der Waals surface area contributed by atoms with Crippen molar-refractivity contribution in [3.8, 4) is 11.4 Å². The predicted molar refractivity (Wildman–Crippen MR) is 86.0 cm³/mol. The van der Waals surface area contributed by atoms with Gasteiger partial charge in [-0.05, 0) is 17.7 Å². The summed E-state index contributed by atoms with van der Waals surface area (Å²) in [7, 11) is 0. The van der Waals surface area contributed by atoms with Gasteiger partial charge in [0.2, 0.25) is 0 Å². The second-order valence-corrected chi connectivity index (χ2v) is 6.54. The lowest BCUT2D eigenvalue weighted by Gasteiger charge is -2.24. The van der Waals surface area contributed by atoms with Gasteiger partial charge in [0.25, 0.3) is 0 Å². The molecular weight excluding hydrogens is 333 g/mol. The smallest absolute Gasteiger partial charge is 0.393 e. The Morgan fingerprint density at radius 3 is 2.84 bits per heavy atom. The molecule has 0 saturated carbocycles. The SMILES string of the molecule is Oc1cc(CC(F)(F)F)ccc1-n1nc2c3c1CCNC3CNCC2. The largest absolute Gasteiger partial charge is 0.506 e. The third-order valence-corrected chi connectivity index (χ3v) is 4.76. The summed E-state index contributed by atoms with van der Waals surface area (Å²) in [6.45, 7) is 2.46. The first kappa shape index (κ1) is 16.4. The van der Waals surface area contributed by atoms with E-state index in [-0.39, 0.29) is 17.4 Å². The molecule has 1 aromatic carbocycles. The summed E-state index contributed by atoms with van der Waals surface area (Å²) in [4.78, 5) is 0. The molecule has 134 valence electrons. The van der Waals surface area contributed by atoms with E-state index in [4.69, 9.17) is 0 Å². The number of alkyl halides is 3. The van der Waals surface area contributed by atoms with Crippen LogP contribution in [0.1, 0.15) is 28.6 Å². The van der Waals surface area contributed by atoms with E-state index in [0.717, 1.165) is 49.4 Å². The van der Waals surface area contributed by atoms with E-state index in [9.17, 15) is 18.3 Å². The molecule has 0 fully saturated rings. The topological polar surface area (TPSA) is 62.1 Å². The van der Waals surface area contributed by atoms with Crippen LogP contribution in [0.2, 0.25) is 0 Å². The molecule has 0 bridgehead atoms. The van der Waals surface area contributed by atoms with Gasteiger partial charge in [-0.1, -0.05) is 6.07 Å². The second kappa shape index (κ2) is 6.03. The van der Waals surface area contributed by atoms with Crippen molar-refractivity contribution in [2.45, 2.75) is 31.5 Å². The molecule has 4 rings (SSSR count).